The lowest BCUT2D eigenvalue weighted by molar-refractivity contribution is 0.0658. The average molecular weight is 257 g/mol. The summed E-state index contributed by atoms with van der Waals surface area (Å²) in [6.45, 7) is 4.87. The Morgan fingerprint density at radius 1 is 1.22 bits per heavy atom. The summed E-state index contributed by atoms with van der Waals surface area (Å²) in [5.74, 6) is -1.61. The molecule has 0 aromatic heterocycles. The summed E-state index contributed by atoms with van der Waals surface area (Å²) in [4.78, 5) is 0. The van der Waals surface area contributed by atoms with E-state index >= 15 is 0 Å². The fourth-order valence-corrected chi connectivity index (χ4v) is 2.13. The molecule has 2 unspecified atom stereocenters. The molecule has 0 saturated carbocycles. The molecule has 0 radical (unpaired) electrons. The Morgan fingerprint density at radius 3 is 2.44 bits per heavy atom. The number of hydrogen-bond donors (Lipinski definition) is 1. The first-order valence-corrected chi connectivity index (χ1v) is 6.32. The molecule has 1 rings (SSSR count). The molecule has 0 aliphatic rings. The molecule has 1 aromatic rings. The van der Waals surface area contributed by atoms with Crippen LogP contribution < -0.4 is 5.32 Å². The topological polar surface area (TPSA) is 21.3 Å². The largest absolute Gasteiger partial charge is 0.380 e. The Kier molecular flexibility index (Phi) is 6.22. The van der Waals surface area contributed by atoms with Crippen LogP contribution in [0, 0.1) is 11.6 Å². The van der Waals surface area contributed by atoms with Crippen LogP contribution in [0.25, 0.3) is 0 Å². The first kappa shape index (κ1) is 15.1. The molecule has 18 heavy (non-hydrogen) atoms. The minimum atomic E-state index is -0.808. The summed E-state index contributed by atoms with van der Waals surface area (Å²) in [6.07, 6.45) is 1.56. The van der Waals surface area contributed by atoms with Crippen molar-refractivity contribution >= 4 is 0 Å². The Balaban J connectivity index is 2.78. The summed E-state index contributed by atoms with van der Waals surface area (Å²) in [5, 5.41) is 3.33. The maximum atomic E-state index is 13.2. The van der Waals surface area contributed by atoms with E-state index in [1.54, 1.807) is 13.2 Å². The molecule has 1 N–H and O–H groups in total. The van der Waals surface area contributed by atoms with Crippen LogP contribution in [-0.2, 0) is 11.2 Å². The third kappa shape index (κ3) is 4.03. The van der Waals surface area contributed by atoms with Gasteiger partial charge < -0.3 is 10.1 Å². The lowest BCUT2D eigenvalue weighted by atomic mass is 9.99. The molecule has 102 valence electrons. The summed E-state index contributed by atoms with van der Waals surface area (Å²) in [5.41, 5.74) is 0.773. The highest BCUT2D eigenvalue weighted by Gasteiger charge is 2.19. The van der Waals surface area contributed by atoms with Crippen molar-refractivity contribution in [2.75, 3.05) is 13.7 Å². The fraction of sp³-hybridized carbons (Fsp3) is 0.571. The quantitative estimate of drug-likeness (QED) is 0.811. The molecule has 0 aliphatic heterocycles. The average Bonchev–Trinajstić information content (AvgIpc) is 2.35. The van der Waals surface area contributed by atoms with Crippen molar-refractivity contribution in [1.29, 1.82) is 0 Å². The molecule has 0 heterocycles. The smallest absolute Gasteiger partial charge is 0.159 e. The molecule has 0 amide bonds. The minimum absolute atomic E-state index is 0.0677. The number of nitrogens with one attached hydrogen (secondary N) is 1. The van der Waals surface area contributed by atoms with Crippen molar-refractivity contribution < 1.29 is 13.5 Å². The third-order valence-electron chi connectivity index (χ3n) is 3.06. The van der Waals surface area contributed by atoms with Gasteiger partial charge in [0.15, 0.2) is 11.6 Å². The summed E-state index contributed by atoms with van der Waals surface area (Å²) in [7, 11) is 1.67. The second-order valence-corrected chi connectivity index (χ2v) is 4.30. The summed E-state index contributed by atoms with van der Waals surface area (Å²) >= 11 is 0. The van der Waals surface area contributed by atoms with Gasteiger partial charge in [-0.3, -0.25) is 0 Å². The van der Waals surface area contributed by atoms with Crippen LogP contribution in [0.1, 0.15) is 25.8 Å². The van der Waals surface area contributed by atoms with Gasteiger partial charge in [0.25, 0.3) is 0 Å². The van der Waals surface area contributed by atoms with Crippen LogP contribution in [0.15, 0.2) is 18.2 Å². The number of halogens is 2. The maximum absolute atomic E-state index is 13.2. The summed E-state index contributed by atoms with van der Waals surface area (Å²) in [6, 6.07) is 4.14. The molecule has 2 atom stereocenters. The van der Waals surface area contributed by atoms with Crippen LogP contribution in [-0.4, -0.2) is 25.8 Å². The van der Waals surface area contributed by atoms with E-state index in [4.69, 9.17) is 4.74 Å². The van der Waals surface area contributed by atoms with Crippen molar-refractivity contribution in [3.63, 3.8) is 0 Å². The van der Waals surface area contributed by atoms with Crippen molar-refractivity contribution in [3.05, 3.63) is 35.4 Å². The second kappa shape index (κ2) is 7.44. The fourth-order valence-electron chi connectivity index (χ4n) is 2.13. The van der Waals surface area contributed by atoms with Gasteiger partial charge in [-0.05, 0) is 37.1 Å². The van der Waals surface area contributed by atoms with Crippen molar-refractivity contribution in [1.82, 2.24) is 5.32 Å². The predicted octanol–water partition coefficient (Wildman–Crippen LogP) is 2.91. The molecule has 4 heteroatoms. The number of ether oxygens (including phenoxy) is 1. The molecular formula is C14H21F2NO. The van der Waals surface area contributed by atoms with Crippen molar-refractivity contribution in [3.8, 4) is 0 Å². The number of methoxy groups -OCH3 is 1. The zero-order valence-electron chi connectivity index (χ0n) is 11.2. The molecule has 0 fully saturated rings. The summed E-state index contributed by atoms with van der Waals surface area (Å²) < 4.78 is 31.4. The predicted molar refractivity (Wildman–Crippen MR) is 68.6 cm³/mol. The Morgan fingerprint density at radius 2 is 1.94 bits per heavy atom. The van der Waals surface area contributed by atoms with Crippen LogP contribution >= 0.6 is 0 Å². The lowest BCUT2D eigenvalue weighted by Gasteiger charge is -2.26. The van der Waals surface area contributed by atoms with Gasteiger partial charge in [0.2, 0.25) is 0 Å². The number of likely N-dealkylation sites (N-methyl/N-ethyl adjacent to an activating group) is 1. The van der Waals surface area contributed by atoms with Crippen molar-refractivity contribution in [2.45, 2.75) is 38.8 Å². The zero-order valence-corrected chi connectivity index (χ0v) is 11.2. The highest BCUT2D eigenvalue weighted by Crippen LogP contribution is 2.14. The molecule has 0 saturated heterocycles. The number of benzene rings is 1. The van der Waals surface area contributed by atoms with Crippen LogP contribution in [0.4, 0.5) is 8.78 Å². The monoisotopic (exact) mass is 257 g/mol. The number of hydrogen-bond acceptors (Lipinski definition) is 2. The first-order valence-electron chi connectivity index (χ1n) is 6.32. The first-order chi connectivity index (χ1) is 8.62. The molecule has 1 aromatic carbocycles. The normalized spacial score (nSPS) is 14.5. The van der Waals surface area contributed by atoms with Crippen molar-refractivity contribution in [2.24, 2.45) is 0 Å². The van der Waals surface area contributed by atoms with E-state index in [1.165, 1.54) is 12.1 Å². The van der Waals surface area contributed by atoms with E-state index in [-0.39, 0.29) is 12.1 Å². The van der Waals surface area contributed by atoms with Gasteiger partial charge in [-0.15, -0.1) is 0 Å². The van der Waals surface area contributed by atoms with E-state index in [1.807, 2.05) is 13.8 Å². The van der Waals surface area contributed by atoms with E-state index in [2.05, 4.69) is 5.32 Å². The van der Waals surface area contributed by atoms with Gasteiger partial charge in [0.05, 0.1) is 6.10 Å². The van der Waals surface area contributed by atoms with Crippen LogP contribution in [0.3, 0.4) is 0 Å². The van der Waals surface area contributed by atoms with Gasteiger partial charge in [-0.2, -0.15) is 0 Å². The Labute approximate surface area is 107 Å². The van der Waals surface area contributed by atoms with Gasteiger partial charge in [0, 0.05) is 13.2 Å². The van der Waals surface area contributed by atoms with Crippen LogP contribution in [0.5, 0.6) is 0 Å². The van der Waals surface area contributed by atoms with Gasteiger partial charge >= 0.3 is 0 Å². The van der Waals surface area contributed by atoms with E-state index in [9.17, 15) is 8.78 Å². The molecule has 2 nitrogen and oxygen atoms in total. The zero-order chi connectivity index (χ0) is 13.5. The van der Waals surface area contributed by atoms with Gasteiger partial charge in [-0.1, -0.05) is 19.9 Å². The molecule has 0 aliphatic carbocycles. The Bertz CT molecular complexity index is 367. The minimum Gasteiger partial charge on any atom is -0.380 e. The SMILES string of the molecule is CCNC(Cc1ccc(F)c(F)c1)C(CC)OC. The van der Waals surface area contributed by atoms with E-state index < -0.39 is 11.6 Å². The van der Waals surface area contributed by atoms with Gasteiger partial charge in [0.1, 0.15) is 0 Å². The lowest BCUT2D eigenvalue weighted by Crippen LogP contribution is -2.42. The Hall–Kier alpha value is -1.00. The molecule has 0 spiro atoms. The molecular weight excluding hydrogens is 236 g/mol. The third-order valence-corrected chi connectivity index (χ3v) is 3.06. The maximum Gasteiger partial charge on any atom is 0.159 e. The standard InChI is InChI=1S/C14H21F2NO/c1-4-14(18-3)13(17-5-2)9-10-6-7-11(15)12(16)8-10/h6-8,13-14,17H,4-5,9H2,1-3H3. The van der Waals surface area contributed by atoms with Gasteiger partial charge in [-0.25, -0.2) is 8.78 Å². The highest BCUT2D eigenvalue weighted by molar-refractivity contribution is 5.19. The van der Waals surface area contributed by atoms with E-state index in [0.29, 0.717) is 6.42 Å². The number of rotatable bonds is 7. The molecule has 0 bridgehead atoms. The second-order valence-electron chi connectivity index (χ2n) is 4.30. The highest BCUT2D eigenvalue weighted by atomic mass is 19.2. The van der Waals surface area contributed by atoms with Crippen LogP contribution in [0.2, 0.25) is 0 Å². The van der Waals surface area contributed by atoms with E-state index in [0.717, 1.165) is 18.5 Å².